The second kappa shape index (κ2) is 10.9. The van der Waals surface area contributed by atoms with Gasteiger partial charge >= 0.3 is 0 Å². The van der Waals surface area contributed by atoms with Gasteiger partial charge in [-0.05, 0) is 84.6 Å². The summed E-state index contributed by atoms with van der Waals surface area (Å²) < 4.78 is 0. The van der Waals surface area contributed by atoms with E-state index in [2.05, 4.69) is 70.2 Å². The van der Waals surface area contributed by atoms with Gasteiger partial charge in [0.15, 0.2) is 5.12 Å². The highest BCUT2D eigenvalue weighted by Gasteiger charge is 2.33. The zero-order chi connectivity index (χ0) is 23.3. The first-order chi connectivity index (χ1) is 15.3. The molecule has 0 saturated heterocycles. The molecule has 3 heteroatoms. The van der Waals surface area contributed by atoms with Gasteiger partial charge in [-0.1, -0.05) is 97.7 Å². The number of hydrogen-bond donors (Lipinski definition) is 0. The van der Waals surface area contributed by atoms with Gasteiger partial charge in [0.1, 0.15) is 0 Å². The average molecular weight is 467 g/mol. The zero-order valence-electron chi connectivity index (χ0n) is 20.0. The first kappa shape index (κ1) is 24.9. The fraction of sp³-hybridized carbons (Fsp3) is 0.414. The molecule has 1 aliphatic rings. The molecule has 2 aromatic carbocycles. The summed E-state index contributed by atoms with van der Waals surface area (Å²) in [6.07, 6.45) is 7.00. The van der Waals surface area contributed by atoms with Gasteiger partial charge in [0.2, 0.25) is 0 Å². The Morgan fingerprint density at radius 3 is 2.31 bits per heavy atom. The van der Waals surface area contributed by atoms with Crippen LogP contribution in [0.15, 0.2) is 65.7 Å². The highest BCUT2D eigenvalue weighted by Crippen LogP contribution is 2.49. The number of thioether (sulfide) groups is 1. The monoisotopic (exact) mass is 466 g/mol. The number of halogens is 1. The fourth-order valence-electron chi connectivity index (χ4n) is 4.92. The molecule has 1 saturated carbocycles. The van der Waals surface area contributed by atoms with E-state index in [-0.39, 0.29) is 10.5 Å². The Morgan fingerprint density at radius 2 is 1.72 bits per heavy atom. The summed E-state index contributed by atoms with van der Waals surface area (Å²) in [7, 11) is 0. The van der Waals surface area contributed by atoms with E-state index in [1.54, 1.807) is 0 Å². The molecule has 0 radical (unpaired) electrons. The molecule has 0 aromatic heterocycles. The van der Waals surface area contributed by atoms with Crippen LogP contribution < -0.4 is 0 Å². The molecule has 1 nitrogen and oxygen atoms in total. The third-order valence-corrected chi connectivity index (χ3v) is 7.51. The predicted molar refractivity (Wildman–Crippen MR) is 142 cm³/mol. The van der Waals surface area contributed by atoms with Crippen LogP contribution in [0.4, 0.5) is 0 Å². The molecule has 1 fully saturated rings. The van der Waals surface area contributed by atoms with Crippen LogP contribution in [0.2, 0.25) is 5.02 Å². The first-order valence-electron chi connectivity index (χ1n) is 11.6. The molecule has 32 heavy (non-hydrogen) atoms. The minimum Gasteiger partial charge on any atom is -0.287 e. The molecule has 0 bridgehead atoms. The summed E-state index contributed by atoms with van der Waals surface area (Å²) in [5, 5.41) is 0.924. The lowest BCUT2D eigenvalue weighted by Gasteiger charge is -2.39. The lowest BCUT2D eigenvalue weighted by atomic mass is 9.66. The summed E-state index contributed by atoms with van der Waals surface area (Å²) in [5.74, 6) is 0.560. The molecule has 3 rings (SSSR count). The van der Waals surface area contributed by atoms with Crippen molar-refractivity contribution in [2.24, 2.45) is 11.3 Å². The summed E-state index contributed by atoms with van der Waals surface area (Å²) >= 11 is 7.55. The van der Waals surface area contributed by atoms with Crippen molar-refractivity contribution in [1.29, 1.82) is 0 Å². The summed E-state index contributed by atoms with van der Waals surface area (Å²) in [5.41, 5.74) is 7.81. The van der Waals surface area contributed by atoms with Gasteiger partial charge in [-0.25, -0.2) is 0 Å². The smallest absolute Gasteiger partial charge is 0.192 e. The minimum atomic E-state index is 0.197. The standard InChI is InChI=1S/C29H35ClOS/c1-6-21-16-17-29(3,4)19-25(21)28(22-10-8-7-9-11-22)27(20(2)18-26(31)32-5)23-12-14-24(30)15-13-23/h7-15,21H,6,16-19H2,1-5H3. The van der Waals surface area contributed by atoms with Gasteiger partial charge in [0.05, 0.1) is 0 Å². The second-order valence-electron chi connectivity index (χ2n) is 9.67. The normalized spacial score (nSPS) is 20.5. The van der Waals surface area contributed by atoms with Crippen molar-refractivity contribution in [3.8, 4) is 0 Å². The van der Waals surface area contributed by atoms with Crippen LogP contribution in [0.1, 0.15) is 70.9 Å². The molecule has 1 unspecified atom stereocenters. The number of hydrogen-bond acceptors (Lipinski definition) is 2. The van der Waals surface area contributed by atoms with E-state index in [4.69, 9.17) is 11.6 Å². The third kappa shape index (κ3) is 5.97. The number of benzene rings is 2. The van der Waals surface area contributed by atoms with E-state index in [9.17, 15) is 4.79 Å². The van der Waals surface area contributed by atoms with Crippen molar-refractivity contribution in [2.45, 2.75) is 59.8 Å². The Balaban J connectivity index is 2.35. The molecule has 0 N–H and O–H groups in total. The van der Waals surface area contributed by atoms with Crippen LogP contribution >= 0.6 is 23.4 Å². The van der Waals surface area contributed by atoms with Gasteiger partial charge in [0.25, 0.3) is 0 Å². The quantitative estimate of drug-likeness (QED) is 0.422. The Morgan fingerprint density at radius 1 is 1.06 bits per heavy atom. The number of rotatable bonds is 6. The van der Waals surface area contributed by atoms with E-state index < -0.39 is 0 Å². The number of allylic oxidation sites excluding steroid dienone is 4. The molecule has 0 aliphatic heterocycles. The van der Waals surface area contributed by atoms with Crippen LogP contribution in [0.3, 0.4) is 0 Å². The topological polar surface area (TPSA) is 17.1 Å². The van der Waals surface area contributed by atoms with Gasteiger partial charge in [-0.3, -0.25) is 4.79 Å². The maximum Gasteiger partial charge on any atom is 0.192 e. The molecule has 2 aromatic rings. The Hall–Kier alpha value is -1.77. The number of carbonyl (C=O) groups is 1. The third-order valence-electron chi connectivity index (χ3n) is 6.65. The number of carbonyl (C=O) groups excluding carboxylic acids is 1. The van der Waals surface area contributed by atoms with Gasteiger partial charge < -0.3 is 0 Å². The minimum absolute atomic E-state index is 0.197. The van der Waals surface area contributed by atoms with E-state index in [1.807, 2.05) is 18.4 Å². The molecule has 0 heterocycles. The largest absolute Gasteiger partial charge is 0.287 e. The highest BCUT2D eigenvalue weighted by molar-refractivity contribution is 8.13. The predicted octanol–water partition coefficient (Wildman–Crippen LogP) is 9.08. The molecule has 1 aliphatic carbocycles. The van der Waals surface area contributed by atoms with E-state index in [1.165, 1.54) is 46.9 Å². The summed E-state index contributed by atoms with van der Waals surface area (Å²) in [6.45, 7) is 9.20. The van der Waals surface area contributed by atoms with Crippen LogP contribution in [0.5, 0.6) is 0 Å². The Bertz CT molecular complexity index is 999. The lowest BCUT2D eigenvalue weighted by Crippen LogP contribution is -2.24. The van der Waals surface area contributed by atoms with Crippen molar-refractivity contribution in [2.75, 3.05) is 6.26 Å². The molecular weight excluding hydrogens is 432 g/mol. The molecule has 0 spiro atoms. The summed E-state index contributed by atoms with van der Waals surface area (Å²) in [4.78, 5) is 12.5. The molecule has 0 amide bonds. The average Bonchev–Trinajstić information content (AvgIpc) is 2.78. The molecular formula is C29H35ClOS. The van der Waals surface area contributed by atoms with Crippen molar-refractivity contribution in [3.63, 3.8) is 0 Å². The van der Waals surface area contributed by atoms with Crippen LogP contribution in [-0.4, -0.2) is 11.4 Å². The maximum atomic E-state index is 12.5. The van der Waals surface area contributed by atoms with Gasteiger partial charge in [-0.2, -0.15) is 0 Å². The summed E-state index contributed by atoms with van der Waals surface area (Å²) in [6, 6.07) is 18.9. The Labute approximate surface area is 203 Å². The van der Waals surface area contributed by atoms with Gasteiger partial charge in [0, 0.05) is 11.4 Å². The van der Waals surface area contributed by atoms with Crippen LogP contribution in [-0.2, 0) is 4.79 Å². The van der Waals surface area contributed by atoms with Crippen molar-refractivity contribution in [1.82, 2.24) is 0 Å². The van der Waals surface area contributed by atoms with Crippen LogP contribution in [0.25, 0.3) is 11.1 Å². The van der Waals surface area contributed by atoms with Crippen molar-refractivity contribution in [3.05, 3.63) is 81.9 Å². The lowest BCUT2D eigenvalue weighted by molar-refractivity contribution is -0.110. The van der Waals surface area contributed by atoms with E-state index in [0.29, 0.717) is 12.3 Å². The molecule has 170 valence electrons. The maximum absolute atomic E-state index is 12.5. The zero-order valence-corrected chi connectivity index (χ0v) is 21.6. The Kier molecular flexibility index (Phi) is 8.47. The van der Waals surface area contributed by atoms with Crippen molar-refractivity contribution >= 4 is 39.6 Å². The fourth-order valence-corrected chi connectivity index (χ4v) is 5.41. The second-order valence-corrected chi connectivity index (χ2v) is 11.0. The van der Waals surface area contributed by atoms with Gasteiger partial charge in [-0.15, -0.1) is 0 Å². The van der Waals surface area contributed by atoms with E-state index in [0.717, 1.165) is 29.0 Å². The van der Waals surface area contributed by atoms with E-state index >= 15 is 0 Å². The molecule has 1 atom stereocenters. The SMILES string of the molecule is CCC1CCC(C)(C)CC1=C(C(=C(C)CC(=O)SC)c1ccc(Cl)cc1)c1ccccc1. The highest BCUT2D eigenvalue weighted by atomic mass is 35.5. The van der Waals surface area contributed by atoms with Crippen molar-refractivity contribution < 1.29 is 4.79 Å². The first-order valence-corrected chi connectivity index (χ1v) is 13.2. The van der Waals surface area contributed by atoms with Crippen LogP contribution in [0, 0.1) is 11.3 Å².